The molecule has 0 bridgehead atoms. The molecule has 1 amide bonds. The van der Waals surface area contributed by atoms with Crippen LogP contribution in [0.4, 0.5) is 0 Å². The van der Waals surface area contributed by atoms with E-state index in [1.165, 1.54) is 16.3 Å². The molecule has 2 aromatic carbocycles. The number of carbonyl (C=O) groups is 1. The topological polar surface area (TPSA) is 92.9 Å². The van der Waals surface area contributed by atoms with Crippen LogP contribution in [-0.2, 0) is 4.79 Å². The molecule has 1 aliphatic heterocycles. The highest BCUT2D eigenvalue weighted by Crippen LogP contribution is 2.39. The van der Waals surface area contributed by atoms with Gasteiger partial charge in [0.15, 0.2) is 0 Å². The number of hydrogen-bond acceptors (Lipinski definition) is 5. The Morgan fingerprint density at radius 3 is 2.58 bits per heavy atom. The van der Waals surface area contributed by atoms with Crippen LogP contribution in [0.5, 0.6) is 0 Å². The number of thiazole rings is 1. The molecule has 2 heterocycles. The van der Waals surface area contributed by atoms with Gasteiger partial charge < -0.3 is 0 Å². The van der Waals surface area contributed by atoms with Crippen LogP contribution in [0.25, 0.3) is 10.2 Å². The quantitative estimate of drug-likeness (QED) is 0.745. The van der Waals surface area contributed by atoms with Gasteiger partial charge in [-0.2, -0.15) is 5.26 Å². The van der Waals surface area contributed by atoms with Crippen molar-refractivity contribution in [3.8, 4) is 6.07 Å². The van der Waals surface area contributed by atoms with E-state index in [4.69, 9.17) is 5.41 Å². The van der Waals surface area contributed by atoms with Crippen molar-refractivity contribution in [3.05, 3.63) is 65.2 Å². The first-order chi connectivity index (χ1) is 12.7. The molecule has 0 radical (unpaired) electrons. The Morgan fingerprint density at radius 1 is 1.19 bits per heavy atom. The average molecular weight is 361 g/mol. The minimum Gasteiger partial charge on any atom is -0.287 e. The fourth-order valence-electron chi connectivity index (χ4n) is 3.14. The van der Waals surface area contributed by atoms with E-state index >= 15 is 0 Å². The second-order valence-electron chi connectivity index (χ2n) is 6.01. The summed E-state index contributed by atoms with van der Waals surface area (Å²) in [6.07, 6.45) is 0.0152. The number of rotatable bonds is 4. The summed E-state index contributed by atoms with van der Waals surface area (Å²) in [5.74, 6) is -0.698. The molecule has 1 aromatic heterocycles. The highest BCUT2D eigenvalue weighted by atomic mass is 32.1. The SMILES string of the molecule is N#C[C@@H](c1nc2ccccc2s1)[C@H](c1ccccc1)N1NC(=O)CC1=N. The molecule has 0 unspecified atom stereocenters. The van der Waals surface area contributed by atoms with E-state index < -0.39 is 12.0 Å². The van der Waals surface area contributed by atoms with Gasteiger partial charge in [-0.25, -0.2) is 4.98 Å². The number of amides is 1. The summed E-state index contributed by atoms with van der Waals surface area (Å²) in [4.78, 5) is 16.4. The van der Waals surface area contributed by atoms with E-state index in [0.717, 1.165) is 15.8 Å². The van der Waals surface area contributed by atoms with Gasteiger partial charge in [0, 0.05) is 0 Å². The van der Waals surface area contributed by atoms with E-state index in [1.807, 2.05) is 54.6 Å². The Labute approximate surface area is 154 Å². The molecule has 6 nitrogen and oxygen atoms in total. The Hall–Kier alpha value is -3.24. The third kappa shape index (κ3) is 2.80. The van der Waals surface area contributed by atoms with Gasteiger partial charge >= 0.3 is 0 Å². The number of nitrogens with one attached hydrogen (secondary N) is 2. The molecule has 4 rings (SSSR count). The van der Waals surface area contributed by atoms with Gasteiger partial charge in [0.25, 0.3) is 0 Å². The molecule has 1 aliphatic rings. The van der Waals surface area contributed by atoms with E-state index in [2.05, 4.69) is 16.5 Å². The van der Waals surface area contributed by atoms with Crippen molar-refractivity contribution < 1.29 is 4.79 Å². The van der Waals surface area contributed by atoms with Crippen LogP contribution in [0, 0.1) is 16.7 Å². The predicted molar refractivity (Wildman–Crippen MR) is 99.5 cm³/mol. The van der Waals surface area contributed by atoms with Crippen molar-refractivity contribution >= 4 is 33.3 Å². The van der Waals surface area contributed by atoms with Gasteiger partial charge in [0.05, 0.1) is 28.7 Å². The number of nitrogens with zero attached hydrogens (tertiary/aromatic N) is 3. The van der Waals surface area contributed by atoms with Crippen molar-refractivity contribution in [3.63, 3.8) is 0 Å². The molecule has 26 heavy (non-hydrogen) atoms. The lowest BCUT2D eigenvalue weighted by atomic mass is 9.93. The lowest BCUT2D eigenvalue weighted by molar-refractivity contribution is -0.121. The first-order valence-electron chi connectivity index (χ1n) is 8.13. The number of fused-ring (bicyclic) bond motifs is 1. The van der Waals surface area contributed by atoms with E-state index in [1.54, 1.807) is 0 Å². The van der Waals surface area contributed by atoms with Crippen LogP contribution >= 0.6 is 11.3 Å². The zero-order chi connectivity index (χ0) is 18.1. The average Bonchev–Trinajstić information content (AvgIpc) is 3.22. The molecule has 0 spiro atoms. The number of para-hydroxylation sites is 1. The maximum Gasteiger partial charge on any atom is 0.246 e. The number of benzene rings is 2. The highest BCUT2D eigenvalue weighted by molar-refractivity contribution is 7.18. The molecule has 0 aliphatic carbocycles. The van der Waals surface area contributed by atoms with Crippen molar-refractivity contribution in [1.82, 2.24) is 15.4 Å². The summed E-state index contributed by atoms with van der Waals surface area (Å²) in [5.41, 5.74) is 4.42. The maximum absolute atomic E-state index is 11.8. The Kier molecular flexibility index (Phi) is 4.11. The van der Waals surface area contributed by atoms with E-state index in [0.29, 0.717) is 5.01 Å². The van der Waals surface area contributed by atoms with Crippen LogP contribution in [0.3, 0.4) is 0 Å². The van der Waals surface area contributed by atoms with Gasteiger partial charge in [-0.1, -0.05) is 42.5 Å². The molecule has 128 valence electrons. The van der Waals surface area contributed by atoms with Gasteiger partial charge in [-0.3, -0.25) is 20.6 Å². The van der Waals surface area contributed by atoms with Crippen molar-refractivity contribution in [2.75, 3.05) is 0 Å². The molecule has 7 heteroatoms. The molecular formula is C19H15N5OS. The largest absolute Gasteiger partial charge is 0.287 e. The number of hydrazine groups is 1. The molecular weight excluding hydrogens is 346 g/mol. The Morgan fingerprint density at radius 2 is 1.92 bits per heavy atom. The van der Waals surface area contributed by atoms with Gasteiger partial charge in [-0.05, 0) is 17.7 Å². The third-order valence-corrected chi connectivity index (χ3v) is 5.43. The van der Waals surface area contributed by atoms with Crippen molar-refractivity contribution in [1.29, 1.82) is 10.7 Å². The monoisotopic (exact) mass is 361 g/mol. The summed E-state index contributed by atoms with van der Waals surface area (Å²) in [7, 11) is 0. The van der Waals surface area contributed by atoms with Crippen molar-refractivity contribution in [2.24, 2.45) is 0 Å². The summed E-state index contributed by atoms with van der Waals surface area (Å²) in [5, 5.41) is 20.3. The number of aromatic nitrogens is 1. The standard InChI is InChI=1S/C19H15N5OS/c20-11-13(19-22-14-8-4-5-9-15(14)26-19)18(12-6-2-1-3-7-12)24-16(21)10-17(25)23-24/h1-9,13,18,21H,10H2,(H,23,25)/t13-,18+/m1/s1. The smallest absolute Gasteiger partial charge is 0.246 e. The molecule has 2 atom stereocenters. The first kappa shape index (κ1) is 16.2. The number of nitriles is 1. The van der Waals surface area contributed by atoms with Crippen LogP contribution in [0.1, 0.15) is 29.0 Å². The van der Waals surface area contributed by atoms with Gasteiger partial charge in [0.2, 0.25) is 5.91 Å². The molecule has 2 N–H and O–H groups in total. The van der Waals surface area contributed by atoms with E-state index in [-0.39, 0.29) is 18.2 Å². The number of hydrogen-bond donors (Lipinski definition) is 2. The Bertz CT molecular complexity index is 990. The van der Waals surface area contributed by atoms with Crippen LogP contribution in [0.2, 0.25) is 0 Å². The maximum atomic E-state index is 11.8. The minimum atomic E-state index is -0.617. The molecule has 1 fully saturated rings. The van der Waals surface area contributed by atoms with E-state index in [9.17, 15) is 10.1 Å². The second kappa shape index (κ2) is 6.58. The minimum absolute atomic E-state index is 0.0152. The highest BCUT2D eigenvalue weighted by Gasteiger charge is 2.38. The second-order valence-corrected chi connectivity index (χ2v) is 7.07. The third-order valence-electron chi connectivity index (χ3n) is 4.31. The van der Waals surface area contributed by atoms with Gasteiger partial charge in [0.1, 0.15) is 16.8 Å². The first-order valence-corrected chi connectivity index (χ1v) is 8.95. The van der Waals surface area contributed by atoms with Crippen LogP contribution in [0.15, 0.2) is 54.6 Å². The Balaban J connectivity index is 1.82. The predicted octanol–water partition coefficient (Wildman–Crippen LogP) is 3.36. The summed E-state index contributed by atoms with van der Waals surface area (Å²) in [6, 6.07) is 19.1. The lowest BCUT2D eigenvalue weighted by Gasteiger charge is -2.31. The number of carbonyl (C=O) groups excluding carboxylic acids is 1. The zero-order valence-electron chi connectivity index (χ0n) is 13.7. The lowest BCUT2D eigenvalue weighted by Crippen LogP contribution is -2.41. The van der Waals surface area contributed by atoms with Crippen LogP contribution < -0.4 is 5.43 Å². The van der Waals surface area contributed by atoms with Gasteiger partial charge in [-0.15, -0.1) is 11.3 Å². The zero-order valence-corrected chi connectivity index (χ0v) is 14.5. The molecule has 3 aromatic rings. The van der Waals surface area contributed by atoms with Crippen molar-refractivity contribution in [2.45, 2.75) is 18.4 Å². The normalized spacial score (nSPS) is 16.3. The van der Waals surface area contributed by atoms with Crippen LogP contribution in [-0.4, -0.2) is 21.7 Å². The fraction of sp³-hybridized carbons (Fsp3) is 0.158. The fourth-order valence-corrected chi connectivity index (χ4v) is 4.18. The summed E-state index contributed by atoms with van der Waals surface area (Å²) >= 11 is 1.47. The molecule has 0 saturated carbocycles. The summed E-state index contributed by atoms with van der Waals surface area (Å²) < 4.78 is 1.01. The molecule has 1 saturated heterocycles. The number of amidine groups is 1. The summed E-state index contributed by atoms with van der Waals surface area (Å²) in [6.45, 7) is 0.